The molecule has 0 unspecified atom stereocenters. The number of benzene rings is 7. The van der Waals surface area contributed by atoms with Crippen LogP contribution in [0.1, 0.15) is 58.2 Å². The Balaban J connectivity index is 1.40. The number of rotatable bonds is 2. The third kappa shape index (κ3) is 4.46. The highest BCUT2D eigenvalue weighted by molar-refractivity contribution is 7.00. The van der Waals surface area contributed by atoms with Gasteiger partial charge in [0.2, 0.25) is 5.69 Å². The fraction of sp³-hybridized carbons (Fsp3) is 0.154. The van der Waals surface area contributed by atoms with Gasteiger partial charge in [0.1, 0.15) is 6.07 Å². The summed E-state index contributed by atoms with van der Waals surface area (Å²) in [6, 6.07) is 50.5. The Kier molecular flexibility index (Phi) is 6.95. The van der Waals surface area contributed by atoms with Crippen molar-refractivity contribution in [2.75, 3.05) is 4.90 Å². The van der Waals surface area contributed by atoms with Gasteiger partial charge < -0.3 is 14.0 Å². The molecule has 0 saturated carbocycles. The molecule has 0 aliphatic carbocycles. The van der Waals surface area contributed by atoms with Crippen LogP contribution in [-0.4, -0.2) is 15.8 Å². The van der Waals surface area contributed by atoms with Crippen molar-refractivity contribution in [2.45, 2.75) is 52.4 Å². The van der Waals surface area contributed by atoms with E-state index >= 15 is 0 Å². The quantitative estimate of drug-likeness (QED) is 0.131. The van der Waals surface area contributed by atoms with Crippen LogP contribution < -0.4 is 21.3 Å². The minimum atomic E-state index is -0.204. The summed E-state index contributed by atoms with van der Waals surface area (Å²) in [5.41, 5.74) is 15.0. The van der Waals surface area contributed by atoms with Gasteiger partial charge in [0.05, 0.1) is 45.7 Å². The molecular formula is C52H40BN5. The van der Waals surface area contributed by atoms with E-state index < -0.39 is 0 Å². The SMILES string of the molecule is [C-]#[N+]c1c(-n2c3ccc(C(C)(C)C)cc3c3cc(C(C)(C)C)ccc32)c(C#N)c2c3c1-n1c4ccccc4c4cccc(c41)B3c1ccccc1N2c1ccccc1. The van der Waals surface area contributed by atoms with Crippen molar-refractivity contribution < 1.29 is 0 Å². The Morgan fingerprint density at radius 3 is 1.81 bits per heavy atom. The van der Waals surface area contributed by atoms with Crippen LogP contribution in [0, 0.1) is 17.9 Å². The molecular weight excluding hydrogens is 705 g/mol. The van der Waals surface area contributed by atoms with Crippen molar-refractivity contribution in [1.29, 1.82) is 5.26 Å². The summed E-state index contributed by atoms with van der Waals surface area (Å²) < 4.78 is 4.57. The number of anilines is 3. The molecule has 7 aromatic carbocycles. The van der Waals surface area contributed by atoms with Crippen LogP contribution in [0.5, 0.6) is 0 Å². The maximum Gasteiger partial charge on any atom is 0.250 e. The second kappa shape index (κ2) is 11.8. The lowest BCUT2D eigenvalue weighted by Crippen LogP contribution is -2.60. The first-order valence-corrected chi connectivity index (χ1v) is 20.1. The molecule has 11 rings (SSSR count). The number of nitriles is 1. The topological polar surface area (TPSA) is 41.2 Å². The maximum atomic E-state index is 11.8. The predicted octanol–water partition coefficient (Wildman–Crippen LogP) is 11.5. The summed E-state index contributed by atoms with van der Waals surface area (Å²) in [4.78, 5) is 6.83. The summed E-state index contributed by atoms with van der Waals surface area (Å²) in [6.45, 7) is 22.5. The van der Waals surface area contributed by atoms with Crippen LogP contribution in [0.4, 0.5) is 22.7 Å². The summed E-state index contributed by atoms with van der Waals surface area (Å²) in [5.74, 6) is 0. The Morgan fingerprint density at radius 1 is 0.569 bits per heavy atom. The van der Waals surface area contributed by atoms with Gasteiger partial charge in [-0.2, -0.15) is 5.26 Å². The smallest absolute Gasteiger partial charge is 0.250 e. The highest BCUT2D eigenvalue weighted by Crippen LogP contribution is 2.50. The monoisotopic (exact) mass is 745 g/mol. The average Bonchev–Trinajstić information content (AvgIpc) is 3.74. The first-order valence-electron chi connectivity index (χ1n) is 20.1. The average molecular weight is 746 g/mol. The van der Waals surface area contributed by atoms with Crippen LogP contribution in [0.25, 0.3) is 59.8 Å². The lowest BCUT2D eigenvalue weighted by atomic mass is 9.33. The highest BCUT2D eigenvalue weighted by atomic mass is 15.2. The number of fused-ring (bicyclic) bond motifs is 10. The fourth-order valence-corrected chi connectivity index (χ4v) is 9.97. The van der Waals surface area contributed by atoms with E-state index in [2.05, 4.69) is 194 Å². The molecule has 2 aromatic heterocycles. The van der Waals surface area contributed by atoms with Crippen molar-refractivity contribution in [3.05, 3.63) is 162 Å². The van der Waals surface area contributed by atoms with Gasteiger partial charge in [-0.25, -0.2) is 4.85 Å². The minimum Gasteiger partial charge on any atom is -0.320 e. The molecule has 0 amide bonds. The van der Waals surface area contributed by atoms with E-state index in [4.69, 9.17) is 0 Å². The normalized spacial score (nSPS) is 13.2. The molecule has 0 atom stereocenters. The van der Waals surface area contributed by atoms with Gasteiger partial charge in [0, 0.05) is 38.4 Å². The van der Waals surface area contributed by atoms with E-state index in [1.165, 1.54) is 16.6 Å². The van der Waals surface area contributed by atoms with Crippen molar-refractivity contribution in [2.24, 2.45) is 0 Å². The van der Waals surface area contributed by atoms with E-state index in [0.717, 1.165) is 77.3 Å². The minimum absolute atomic E-state index is 0.0768. The summed E-state index contributed by atoms with van der Waals surface area (Å²) in [7, 11) is 0. The predicted molar refractivity (Wildman–Crippen MR) is 243 cm³/mol. The highest BCUT2D eigenvalue weighted by Gasteiger charge is 2.45. The van der Waals surface area contributed by atoms with E-state index in [0.29, 0.717) is 16.9 Å². The van der Waals surface area contributed by atoms with Gasteiger partial charge in [-0.1, -0.05) is 126 Å². The van der Waals surface area contributed by atoms with Gasteiger partial charge in [-0.15, -0.1) is 0 Å². The van der Waals surface area contributed by atoms with Gasteiger partial charge in [-0.3, -0.25) is 0 Å². The zero-order chi connectivity index (χ0) is 39.8. The Hall–Kier alpha value is -7.02. The third-order valence-corrected chi connectivity index (χ3v) is 12.7. The molecule has 276 valence electrons. The molecule has 0 saturated heterocycles. The Labute approximate surface area is 338 Å². The third-order valence-electron chi connectivity index (χ3n) is 12.7. The van der Waals surface area contributed by atoms with Crippen LogP contribution in [0.15, 0.2) is 133 Å². The van der Waals surface area contributed by atoms with Crippen molar-refractivity contribution in [3.63, 3.8) is 0 Å². The standard InChI is InChI=1S/C52H40BN5/c1-51(2,3)31-24-26-42-36(28-31)37-29-32(52(4,5)6)25-27-43(37)57(42)49-38(30-54)48-45-50(46(49)55-7)58-41-22-13-11-18-34(41)35-19-15-21-40(47(35)58)53(45)39-20-12-14-23-44(39)56(48)33-16-9-8-10-17-33/h8-29H,1-6H3. The van der Waals surface area contributed by atoms with Crippen molar-refractivity contribution in [3.8, 4) is 17.4 Å². The zero-order valence-electron chi connectivity index (χ0n) is 33.5. The second-order valence-electron chi connectivity index (χ2n) is 18.0. The number of para-hydroxylation sites is 4. The Morgan fingerprint density at radius 2 is 1.16 bits per heavy atom. The fourth-order valence-electron chi connectivity index (χ4n) is 9.97. The number of nitrogens with zero attached hydrogens (tertiary/aromatic N) is 5. The summed E-state index contributed by atoms with van der Waals surface area (Å²) in [6.07, 6.45) is 0. The van der Waals surface area contributed by atoms with Crippen LogP contribution in [0.3, 0.4) is 0 Å². The largest absolute Gasteiger partial charge is 0.320 e. The molecule has 2 aliphatic heterocycles. The summed E-state index contributed by atoms with van der Waals surface area (Å²) in [5, 5.41) is 16.3. The van der Waals surface area contributed by atoms with Crippen molar-refractivity contribution in [1.82, 2.24) is 9.13 Å². The maximum absolute atomic E-state index is 11.8. The molecule has 4 heterocycles. The first kappa shape index (κ1) is 34.3. The van der Waals surface area contributed by atoms with Gasteiger partial charge in [0.25, 0.3) is 6.71 Å². The van der Waals surface area contributed by atoms with Crippen LogP contribution >= 0.6 is 0 Å². The van der Waals surface area contributed by atoms with Crippen LogP contribution in [-0.2, 0) is 10.8 Å². The Bertz CT molecular complexity index is 3270. The summed E-state index contributed by atoms with van der Waals surface area (Å²) >= 11 is 0. The van der Waals surface area contributed by atoms with Crippen molar-refractivity contribution >= 4 is 89.5 Å². The lowest BCUT2D eigenvalue weighted by molar-refractivity contribution is 0.590. The number of aromatic nitrogens is 2. The second-order valence-corrected chi connectivity index (χ2v) is 18.0. The van der Waals surface area contributed by atoms with Gasteiger partial charge >= 0.3 is 0 Å². The number of hydrogen-bond donors (Lipinski definition) is 0. The molecule has 5 nitrogen and oxygen atoms in total. The lowest BCUT2D eigenvalue weighted by Gasteiger charge is -2.42. The van der Waals surface area contributed by atoms with Gasteiger partial charge in [0.15, 0.2) is 0 Å². The molecule has 58 heavy (non-hydrogen) atoms. The first-order chi connectivity index (χ1) is 28.0. The molecule has 0 bridgehead atoms. The molecule has 2 aliphatic rings. The van der Waals surface area contributed by atoms with E-state index in [1.54, 1.807) is 0 Å². The molecule has 0 spiro atoms. The molecule has 0 N–H and O–H groups in total. The molecule has 0 fully saturated rings. The van der Waals surface area contributed by atoms with E-state index in [-0.39, 0.29) is 17.5 Å². The van der Waals surface area contributed by atoms with E-state index in [1.807, 2.05) is 6.07 Å². The van der Waals surface area contributed by atoms with E-state index in [9.17, 15) is 11.8 Å². The molecule has 0 radical (unpaired) electrons. The molecule has 9 aromatic rings. The zero-order valence-corrected chi connectivity index (χ0v) is 33.5. The van der Waals surface area contributed by atoms with Gasteiger partial charge in [-0.05, 0) is 86.9 Å². The number of hydrogen-bond acceptors (Lipinski definition) is 2. The van der Waals surface area contributed by atoms with Crippen LogP contribution in [0.2, 0.25) is 0 Å². The molecule has 6 heteroatoms.